The first-order valence-corrected chi connectivity index (χ1v) is 6.89. The molecule has 0 fully saturated rings. The predicted molar refractivity (Wildman–Crippen MR) is 84.9 cm³/mol. The van der Waals surface area contributed by atoms with E-state index in [1.807, 2.05) is 36.4 Å². The molecular formula is C17H16ClNO. The van der Waals surface area contributed by atoms with Crippen molar-refractivity contribution in [1.82, 2.24) is 0 Å². The Morgan fingerprint density at radius 3 is 2.60 bits per heavy atom. The number of benzene rings is 2. The number of aryl methyl sites for hydroxylation is 1. The number of hydrogen-bond acceptors (Lipinski definition) is 1. The largest absolute Gasteiger partial charge is 0.323 e. The monoisotopic (exact) mass is 285 g/mol. The van der Waals surface area contributed by atoms with E-state index in [9.17, 15) is 4.79 Å². The van der Waals surface area contributed by atoms with Crippen LogP contribution in [0.4, 0.5) is 5.69 Å². The molecule has 0 atom stereocenters. The highest BCUT2D eigenvalue weighted by Gasteiger charge is 1.98. The minimum atomic E-state index is -0.158. The van der Waals surface area contributed by atoms with Gasteiger partial charge >= 0.3 is 0 Å². The summed E-state index contributed by atoms with van der Waals surface area (Å²) in [5.74, 6) is -0.158. The van der Waals surface area contributed by atoms with Gasteiger partial charge in [0.25, 0.3) is 0 Å². The lowest BCUT2D eigenvalue weighted by atomic mass is 10.1. The van der Waals surface area contributed by atoms with Crippen molar-refractivity contribution < 1.29 is 4.79 Å². The lowest BCUT2D eigenvalue weighted by Gasteiger charge is -2.03. The first-order valence-electron chi connectivity index (χ1n) is 6.51. The number of anilines is 1. The molecule has 0 aromatic heterocycles. The minimum absolute atomic E-state index is 0.158. The zero-order chi connectivity index (χ0) is 14.4. The number of halogens is 1. The predicted octanol–water partition coefficient (Wildman–Crippen LogP) is 4.55. The van der Waals surface area contributed by atoms with Crippen molar-refractivity contribution in [3.05, 3.63) is 70.8 Å². The second kappa shape index (κ2) is 6.92. The lowest BCUT2D eigenvalue weighted by molar-refractivity contribution is -0.111. The smallest absolute Gasteiger partial charge is 0.248 e. The summed E-state index contributed by atoms with van der Waals surface area (Å²) in [5.41, 5.74) is 2.94. The molecule has 102 valence electrons. The fourth-order valence-corrected chi connectivity index (χ4v) is 1.99. The molecule has 1 amide bonds. The summed E-state index contributed by atoms with van der Waals surface area (Å²) >= 11 is 5.88. The molecule has 0 unspecified atom stereocenters. The highest BCUT2D eigenvalue weighted by molar-refractivity contribution is 6.30. The average molecular weight is 286 g/mol. The Morgan fingerprint density at radius 2 is 1.95 bits per heavy atom. The Balaban J connectivity index is 1.98. The number of nitrogens with one attached hydrogen (secondary N) is 1. The average Bonchev–Trinajstić information content (AvgIpc) is 2.46. The molecule has 0 bridgehead atoms. The van der Waals surface area contributed by atoms with Crippen LogP contribution in [-0.2, 0) is 11.2 Å². The maximum Gasteiger partial charge on any atom is 0.248 e. The summed E-state index contributed by atoms with van der Waals surface area (Å²) in [6.07, 6.45) is 4.23. The van der Waals surface area contributed by atoms with Gasteiger partial charge in [-0.3, -0.25) is 4.79 Å². The molecule has 2 nitrogen and oxygen atoms in total. The van der Waals surface area contributed by atoms with Crippen LogP contribution in [0.1, 0.15) is 18.1 Å². The van der Waals surface area contributed by atoms with Crippen LogP contribution in [0.2, 0.25) is 5.02 Å². The van der Waals surface area contributed by atoms with Crippen molar-refractivity contribution in [2.75, 3.05) is 5.32 Å². The van der Waals surface area contributed by atoms with Crippen LogP contribution >= 0.6 is 11.6 Å². The summed E-state index contributed by atoms with van der Waals surface area (Å²) in [6.45, 7) is 2.10. The van der Waals surface area contributed by atoms with E-state index in [2.05, 4.69) is 12.2 Å². The van der Waals surface area contributed by atoms with Gasteiger partial charge in [0, 0.05) is 16.8 Å². The fraction of sp³-hybridized carbons (Fsp3) is 0.118. The third-order valence-electron chi connectivity index (χ3n) is 2.91. The highest BCUT2D eigenvalue weighted by atomic mass is 35.5. The molecule has 0 radical (unpaired) electrons. The molecule has 0 saturated carbocycles. The Bertz CT molecular complexity index is 617. The topological polar surface area (TPSA) is 29.1 Å². The van der Waals surface area contributed by atoms with Crippen LogP contribution < -0.4 is 5.32 Å². The number of rotatable bonds is 4. The molecule has 2 aromatic carbocycles. The normalized spacial score (nSPS) is 10.7. The summed E-state index contributed by atoms with van der Waals surface area (Å²) in [5, 5.41) is 3.47. The summed E-state index contributed by atoms with van der Waals surface area (Å²) in [7, 11) is 0. The van der Waals surface area contributed by atoms with Crippen LogP contribution in [0.5, 0.6) is 0 Å². The van der Waals surface area contributed by atoms with E-state index in [-0.39, 0.29) is 5.91 Å². The maximum atomic E-state index is 11.8. The standard InChI is InChI=1S/C17H16ClNO/c1-2-13-6-9-16(10-7-13)19-17(20)11-8-14-4-3-5-15(18)12-14/h3-12H,2H2,1H3,(H,19,20). The molecule has 2 aromatic rings. The molecule has 0 saturated heterocycles. The van der Waals surface area contributed by atoms with Gasteiger partial charge in [-0.25, -0.2) is 0 Å². The molecule has 0 aliphatic heterocycles. The molecule has 2 rings (SSSR count). The van der Waals surface area contributed by atoms with Crippen LogP contribution in [0.15, 0.2) is 54.6 Å². The van der Waals surface area contributed by atoms with Gasteiger partial charge in [-0.15, -0.1) is 0 Å². The van der Waals surface area contributed by atoms with Crippen LogP contribution in [0.3, 0.4) is 0 Å². The van der Waals surface area contributed by atoms with Crippen molar-refractivity contribution in [2.45, 2.75) is 13.3 Å². The molecule has 20 heavy (non-hydrogen) atoms. The lowest BCUT2D eigenvalue weighted by Crippen LogP contribution is -2.07. The molecule has 0 aliphatic rings. The SMILES string of the molecule is CCc1ccc(NC(=O)C=Cc2cccc(Cl)c2)cc1. The first-order chi connectivity index (χ1) is 9.67. The molecule has 3 heteroatoms. The maximum absolute atomic E-state index is 11.8. The molecule has 0 aliphatic carbocycles. The minimum Gasteiger partial charge on any atom is -0.323 e. The van der Waals surface area contributed by atoms with Crippen LogP contribution in [-0.4, -0.2) is 5.91 Å². The van der Waals surface area contributed by atoms with E-state index in [4.69, 9.17) is 11.6 Å². The Labute approximate surface area is 124 Å². The van der Waals surface area contributed by atoms with Gasteiger partial charge in [0.05, 0.1) is 0 Å². The van der Waals surface area contributed by atoms with Crippen molar-refractivity contribution in [3.8, 4) is 0 Å². The molecular weight excluding hydrogens is 270 g/mol. The molecule has 1 N–H and O–H groups in total. The summed E-state index contributed by atoms with van der Waals surface area (Å²) < 4.78 is 0. The van der Waals surface area contributed by atoms with E-state index >= 15 is 0 Å². The quantitative estimate of drug-likeness (QED) is 0.820. The van der Waals surface area contributed by atoms with Gasteiger partial charge < -0.3 is 5.32 Å². The molecule has 0 heterocycles. The number of hydrogen-bond donors (Lipinski definition) is 1. The summed E-state index contributed by atoms with van der Waals surface area (Å²) in [4.78, 5) is 11.8. The van der Waals surface area contributed by atoms with Crippen LogP contribution in [0.25, 0.3) is 6.08 Å². The van der Waals surface area contributed by atoms with E-state index in [0.29, 0.717) is 5.02 Å². The summed E-state index contributed by atoms with van der Waals surface area (Å²) in [6, 6.07) is 15.2. The van der Waals surface area contributed by atoms with Gasteiger partial charge in [0.2, 0.25) is 5.91 Å². The Kier molecular flexibility index (Phi) is 4.97. The van der Waals surface area contributed by atoms with E-state index in [1.165, 1.54) is 11.6 Å². The van der Waals surface area contributed by atoms with Crippen molar-refractivity contribution in [3.63, 3.8) is 0 Å². The Hall–Kier alpha value is -2.06. The number of carbonyl (C=O) groups excluding carboxylic acids is 1. The van der Waals surface area contributed by atoms with Gasteiger partial charge in [-0.05, 0) is 47.9 Å². The zero-order valence-corrected chi connectivity index (χ0v) is 12.0. The fourth-order valence-electron chi connectivity index (χ4n) is 1.79. The van der Waals surface area contributed by atoms with E-state index < -0.39 is 0 Å². The first kappa shape index (κ1) is 14.4. The number of amides is 1. The second-order valence-electron chi connectivity index (χ2n) is 4.43. The van der Waals surface area contributed by atoms with Gasteiger partial charge in [0.1, 0.15) is 0 Å². The number of carbonyl (C=O) groups is 1. The molecule has 0 spiro atoms. The van der Waals surface area contributed by atoms with Crippen molar-refractivity contribution in [1.29, 1.82) is 0 Å². The third kappa shape index (κ3) is 4.25. The Morgan fingerprint density at radius 1 is 1.20 bits per heavy atom. The van der Waals surface area contributed by atoms with Crippen LogP contribution in [0, 0.1) is 0 Å². The van der Waals surface area contributed by atoms with E-state index in [1.54, 1.807) is 18.2 Å². The van der Waals surface area contributed by atoms with Gasteiger partial charge in [0.15, 0.2) is 0 Å². The van der Waals surface area contributed by atoms with E-state index in [0.717, 1.165) is 17.7 Å². The van der Waals surface area contributed by atoms with Crippen molar-refractivity contribution in [2.24, 2.45) is 0 Å². The zero-order valence-electron chi connectivity index (χ0n) is 11.3. The van der Waals surface area contributed by atoms with Gasteiger partial charge in [-0.2, -0.15) is 0 Å². The highest BCUT2D eigenvalue weighted by Crippen LogP contribution is 2.13. The third-order valence-corrected chi connectivity index (χ3v) is 3.14. The van der Waals surface area contributed by atoms with Crippen molar-refractivity contribution >= 4 is 29.3 Å². The second-order valence-corrected chi connectivity index (χ2v) is 4.86. The van der Waals surface area contributed by atoms with Gasteiger partial charge in [-0.1, -0.05) is 42.8 Å².